The van der Waals surface area contributed by atoms with Gasteiger partial charge in [-0.25, -0.2) is 9.48 Å². The maximum absolute atomic E-state index is 11.1. The van der Waals surface area contributed by atoms with E-state index in [4.69, 9.17) is 5.73 Å². The lowest BCUT2D eigenvalue weighted by molar-refractivity contribution is -0.808. The molecule has 0 aromatic heterocycles. The van der Waals surface area contributed by atoms with Gasteiger partial charge < -0.3 is 9.90 Å². The van der Waals surface area contributed by atoms with Gasteiger partial charge in [0.05, 0.1) is 12.2 Å². The van der Waals surface area contributed by atoms with Crippen LogP contribution >= 0.6 is 0 Å². The van der Waals surface area contributed by atoms with Crippen LogP contribution < -0.4 is 10.8 Å². The molecule has 0 bridgehead atoms. The lowest BCUT2D eigenvalue weighted by Gasteiger charge is -2.36. The molecule has 0 amide bonds. The van der Waals surface area contributed by atoms with E-state index in [-0.39, 0.29) is 17.2 Å². The fraction of sp³-hybridized carbons (Fsp3) is 0.727. The Morgan fingerprint density at radius 2 is 1.70 bits per heavy atom. The number of allylic oxidation sites excluding steroid dienone is 2. The van der Waals surface area contributed by atoms with Crippen molar-refractivity contribution in [2.24, 2.45) is 10.7 Å². The molecule has 2 unspecified atom stereocenters. The van der Waals surface area contributed by atoms with Crippen molar-refractivity contribution in [3.8, 4) is 0 Å². The highest BCUT2D eigenvalue weighted by atomic mass is 16.4. The van der Waals surface area contributed by atoms with E-state index in [1.165, 1.54) is 51.4 Å². The van der Waals surface area contributed by atoms with Crippen LogP contribution in [-0.2, 0) is 4.79 Å². The van der Waals surface area contributed by atoms with E-state index >= 15 is 0 Å². The lowest BCUT2D eigenvalue weighted by Crippen LogP contribution is -2.60. The van der Waals surface area contributed by atoms with Crippen molar-refractivity contribution in [2.45, 2.75) is 97.1 Å². The molecule has 1 aliphatic rings. The number of nitrogens with zero attached hydrogens (tertiary/aromatic N) is 2. The first kappa shape index (κ1) is 23.6. The Kier molecular flexibility index (Phi) is 11.9. The molecule has 0 radical (unpaired) electrons. The number of amidine groups is 1. The van der Waals surface area contributed by atoms with Crippen LogP contribution in [0, 0.1) is 0 Å². The first-order chi connectivity index (χ1) is 13.0. The zero-order valence-corrected chi connectivity index (χ0v) is 17.4. The van der Waals surface area contributed by atoms with Gasteiger partial charge >= 0.3 is 0 Å². The molecule has 5 heteroatoms. The highest BCUT2D eigenvalue weighted by molar-refractivity contribution is 5.81. The average Bonchev–Trinajstić information content (AvgIpc) is 3.02. The topological polar surface area (TPSA) is 78.5 Å². The van der Waals surface area contributed by atoms with Crippen molar-refractivity contribution < 1.29 is 14.4 Å². The van der Waals surface area contributed by atoms with Crippen LogP contribution in [0.3, 0.4) is 0 Å². The summed E-state index contributed by atoms with van der Waals surface area (Å²) in [6, 6.07) is 0. The van der Waals surface area contributed by atoms with Crippen LogP contribution in [0.5, 0.6) is 0 Å². The summed E-state index contributed by atoms with van der Waals surface area (Å²) in [6.45, 7) is 3.87. The minimum Gasteiger partial charge on any atom is -0.544 e. The molecule has 27 heavy (non-hydrogen) atoms. The van der Waals surface area contributed by atoms with E-state index in [0.29, 0.717) is 0 Å². The van der Waals surface area contributed by atoms with Crippen LogP contribution in [0.4, 0.5) is 0 Å². The number of aliphatic imine (C=N–C) groups is 1. The second-order valence-corrected chi connectivity index (χ2v) is 7.65. The Morgan fingerprint density at radius 3 is 2.26 bits per heavy atom. The van der Waals surface area contributed by atoms with Gasteiger partial charge in [-0.05, 0) is 25.7 Å². The van der Waals surface area contributed by atoms with Crippen LogP contribution in [0.2, 0.25) is 0 Å². The van der Waals surface area contributed by atoms with Gasteiger partial charge in [0.15, 0.2) is 0 Å². The molecule has 0 aromatic rings. The number of hydrogen-bond acceptors (Lipinski definition) is 4. The van der Waals surface area contributed by atoms with Crippen LogP contribution in [-0.4, -0.2) is 29.0 Å². The Morgan fingerprint density at radius 1 is 1.11 bits per heavy atom. The summed E-state index contributed by atoms with van der Waals surface area (Å²) >= 11 is 0. The number of carbonyl (C=O) groups is 1. The maximum Gasteiger partial charge on any atom is 0.209 e. The molecule has 1 rings (SSSR count). The minimum absolute atomic E-state index is 0.107. The second kappa shape index (κ2) is 13.7. The van der Waals surface area contributed by atoms with Crippen molar-refractivity contribution in [3.63, 3.8) is 0 Å². The summed E-state index contributed by atoms with van der Waals surface area (Å²) in [6.07, 6.45) is 22.2. The van der Waals surface area contributed by atoms with Gasteiger partial charge in [-0.2, -0.15) is 0 Å². The highest BCUT2D eigenvalue weighted by Crippen LogP contribution is 2.23. The molecule has 0 saturated carbocycles. The number of aliphatic carboxylic acids is 1. The third-order valence-electron chi connectivity index (χ3n) is 5.33. The summed E-state index contributed by atoms with van der Waals surface area (Å²) in [4.78, 5) is 15.5. The van der Waals surface area contributed by atoms with Gasteiger partial charge in [0.2, 0.25) is 5.84 Å². The third-order valence-corrected chi connectivity index (χ3v) is 5.33. The van der Waals surface area contributed by atoms with Crippen molar-refractivity contribution in [1.29, 1.82) is 0 Å². The Bertz CT molecular complexity index is 512. The van der Waals surface area contributed by atoms with E-state index in [0.717, 1.165) is 31.5 Å². The summed E-state index contributed by atoms with van der Waals surface area (Å²) in [5.74, 6) is -0.237. The quantitative estimate of drug-likeness (QED) is 0.251. The van der Waals surface area contributed by atoms with E-state index in [2.05, 4.69) is 24.1 Å². The first-order valence-corrected chi connectivity index (χ1v) is 10.8. The van der Waals surface area contributed by atoms with E-state index in [1.54, 1.807) is 12.4 Å². The largest absolute Gasteiger partial charge is 0.544 e. The summed E-state index contributed by atoms with van der Waals surface area (Å²) in [5, 5.41) is 11.1. The molecule has 0 fully saturated rings. The van der Waals surface area contributed by atoms with Crippen LogP contribution in [0.15, 0.2) is 29.5 Å². The van der Waals surface area contributed by atoms with Crippen LogP contribution in [0.25, 0.3) is 0 Å². The molecule has 0 saturated heterocycles. The van der Waals surface area contributed by atoms with E-state index < -0.39 is 5.97 Å². The van der Waals surface area contributed by atoms with Gasteiger partial charge in [0, 0.05) is 13.3 Å². The predicted octanol–water partition coefficient (Wildman–Crippen LogP) is 4.00. The molecular formula is C22H39N3O2. The lowest BCUT2D eigenvalue weighted by atomic mass is 10.0. The van der Waals surface area contributed by atoms with Crippen molar-refractivity contribution in [2.75, 3.05) is 6.54 Å². The summed E-state index contributed by atoms with van der Waals surface area (Å²) < 4.78 is 0.107. The molecular weight excluding hydrogens is 338 g/mol. The number of nitrogens with two attached hydrogens (primary N) is 1. The monoisotopic (exact) mass is 377 g/mol. The molecule has 2 N–H and O–H groups in total. The molecule has 2 atom stereocenters. The fourth-order valence-corrected chi connectivity index (χ4v) is 3.64. The molecule has 0 aromatic carbocycles. The standard InChI is InChI=1S/C22H39N3O2/c1-3-4-5-6-7-8-9-10-11-12-13-14-15-16-21-24-17-18-25(21,20(2)23)19-22(26)27/h4-5,17-18,20H,3,6-16,19,23H2,1-2H3/b5-4+. The Balaban J connectivity index is 2.09. The third kappa shape index (κ3) is 8.85. The number of carboxylic acids is 1. The maximum atomic E-state index is 11.1. The zero-order chi connectivity index (χ0) is 20.0. The van der Waals surface area contributed by atoms with Gasteiger partial charge in [-0.1, -0.05) is 64.0 Å². The first-order valence-electron chi connectivity index (χ1n) is 10.8. The second-order valence-electron chi connectivity index (χ2n) is 7.65. The number of carboxylic acid groups (broad SMARTS) is 1. The van der Waals surface area contributed by atoms with Gasteiger partial charge in [0.1, 0.15) is 18.9 Å². The highest BCUT2D eigenvalue weighted by Gasteiger charge is 2.38. The SMILES string of the molecule is CC/C=C/CCCCCCCCCCCC1=NC=C[N+]1(CC(=O)[O-])C(C)N. The molecule has 0 spiro atoms. The number of hydrogen-bond donors (Lipinski definition) is 1. The average molecular weight is 378 g/mol. The van der Waals surface area contributed by atoms with E-state index in [9.17, 15) is 9.90 Å². The molecule has 154 valence electrons. The van der Waals surface area contributed by atoms with Crippen molar-refractivity contribution in [1.82, 2.24) is 0 Å². The summed E-state index contributed by atoms with van der Waals surface area (Å²) in [5.41, 5.74) is 6.06. The minimum atomic E-state index is -1.09. The Hall–Kier alpha value is -1.46. The van der Waals surface area contributed by atoms with Gasteiger partial charge in [-0.15, -0.1) is 0 Å². The smallest absolute Gasteiger partial charge is 0.209 e. The Labute approximate surface area is 165 Å². The zero-order valence-electron chi connectivity index (χ0n) is 17.4. The number of quaternary nitrogens is 1. The van der Waals surface area contributed by atoms with Crippen molar-refractivity contribution >= 4 is 11.8 Å². The van der Waals surface area contributed by atoms with Gasteiger partial charge in [0.25, 0.3) is 0 Å². The molecule has 1 aliphatic heterocycles. The van der Waals surface area contributed by atoms with E-state index in [1.807, 2.05) is 6.92 Å². The molecule has 1 heterocycles. The summed E-state index contributed by atoms with van der Waals surface area (Å²) in [7, 11) is 0. The normalized spacial score (nSPS) is 20.3. The predicted molar refractivity (Wildman–Crippen MR) is 111 cm³/mol. The number of rotatable bonds is 16. The number of carbonyl (C=O) groups excluding carboxylic acids is 1. The number of unbranched alkanes of at least 4 members (excludes halogenated alkanes) is 9. The van der Waals surface area contributed by atoms with Crippen LogP contribution in [0.1, 0.15) is 90.9 Å². The van der Waals surface area contributed by atoms with Gasteiger partial charge in [-0.3, -0.25) is 5.73 Å². The molecule has 5 nitrogen and oxygen atoms in total. The van der Waals surface area contributed by atoms with Crippen molar-refractivity contribution in [3.05, 3.63) is 24.6 Å². The fourth-order valence-electron chi connectivity index (χ4n) is 3.64. The molecule has 0 aliphatic carbocycles.